The number of hydrogen-bond acceptors (Lipinski definition) is 1. The van der Waals surface area contributed by atoms with Crippen molar-refractivity contribution < 1.29 is 0 Å². The third-order valence-electron chi connectivity index (χ3n) is 2.16. The second-order valence-electron chi connectivity index (χ2n) is 2.99. The molecule has 0 unspecified atom stereocenters. The smallest absolute Gasteiger partial charge is 0.0456 e. The molecular weight excluding hydrogens is 228 g/mol. The van der Waals surface area contributed by atoms with Crippen molar-refractivity contribution in [3.8, 4) is 0 Å². The van der Waals surface area contributed by atoms with Crippen LogP contribution in [0.3, 0.4) is 0 Å². The third kappa shape index (κ3) is 1.76. The number of aromatic nitrogens is 1. The second-order valence-corrected chi connectivity index (χ2v) is 3.55. The standard InChI is InChI=1S/C10H11BrN2/c11-13-6-5-8-7-12-10-4-2-1-3-9(8)10/h1-4,7,12-13H,5-6H2. The molecule has 1 aromatic heterocycles. The maximum atomic E-state index is 3.25. The number of para-hydroxylation sites is 1. The average molecular weight is 239 g/mol. The fraction of sp³-hybridized carbons (Fsp3) is 0.200. The Morgan fingerprint density at radius 1 is 1.31 bits per heavy atom. The molecule has 0 aliphatic heterocycles. The summed E-state index contributed by atoms with van der Waals surface area (Å²) in [5, 5.41) is 1.32. The van der Waals surface area contributed by atoms with Crippen molar-refractivity contribution in [2.24, 2.45) is 0 Å². The first-order valence-corrected chi connectivity index (χ1v) is 5.09. The Morgan fingerprint density at radius 3 is 3.00 bits per heavy atom. The van der Waals surface area contributed by atoms with Crippen molar-refractivity contribution in [3.05, 3.63) is 36.0 Å². The molecule has 0 spiro atoms. The second kappa shape index (κ2) is 3.94. The van der Waals surface area contributed by atoms with Crippen molar-refractivity contribution in [2.75, 3.05) is 6.54 Å². The van der Waals surface area contributed by atoms with E-state index in [1.807, 2.05) is 6.07 Å². The van der Waals surface area contributed by atoms with E-state index in [-0.39, 0.29) is 0 Å². The molecule has 68 valence electrons. The summed E-state index contributed by atoms with van der Waals surface area (Å²) in [5.41, 5.74) is 2.58. The van der Waals surface area contributed by atoms with E-state index in [4.69, 9.17) is 0 Å². The molecule has 2 rings (SSSR count). The number of nitrogens with one attached hydrogen (secondary N) is 2. The Bertz CT molecular complexity index is 394. The van der Waals surface area contributed by atoms with E-state index in [1.165, 1.54) is 16.5 Å². The van der Waals surface area contributed by atoms with Crippen molar-refractivity contribution in [1.82, 2.24) is 9.33 Å². The zero-order valence-corrected chi connectivity index (χ0v) is 8.76. The van der Waals surface area contributed by atoms with E-state index >= 15 is 0 Å². The van der Waals surface area contributed by atoms with Crippen molar-refractivity contribution in [1.29, 1.82) is 0 Å². The third-order valence-corrected chi connectivity index (χ3v) is 2.56. The molecule has 0 saturated carbocycles. The monoisotopic (exact) mass is 238 g/mol. The molecule has 0 fully saturated rings. The summed E-state index contributed by atoms with van der Waals surface area (Å²) in [7, 11) is 0. The van der Waals surface area contributed by atoms with E-state index < -0.39 is 0 Å². The largest absolute Gasteiger partial charge is 0.361 e. The fourth-order valence-corrected chi connectivity index (χ4v) is 1.72. The predicted molar refractivity (Wildman–Crippen MR) is 58.9 cm³/mol. The molecule has 0 aliphatic carbocycles. The summed E-state index contributed by atoms with van der Waals surface area (Å²) < 4.78 is 2.97. The van der Waals surface area contributed by atoms with Gasteiger partial charge in [-0.25, -0.2) is 0 Å². The zero-order valence-electron chi connectivity index (χ0n) is 7.18. The summed E-state index contributed by atoms with van der Waals surface area (Å²) >= 11 is 3.20. The van der Waals surface area contributed by atoms with Gasteiger partial charge in [0.15, 0.2) is 0 Å². The van der Waals surface area contributed by atoms with E-state index in [2.05, 4.69) is 49.9 Å². The first kappa shape index (κ1) is 8.78. The van der Waals surface area contributed by atoms with Gasteiger partial charge in [-0.05, 0) is 18.1 Å². The van der Waals surface area contributed by atoms with Crippen LogP contribution in [0.15, 0.2) is 30.5 Å². The first-order valence-electron chi connectivity index (χ1n) is 4.30. The molecule has 0 saturated heterocycles. The minimum atomic E-state index is 0.946. The molecule has 0 bridgehead atoms. The van der Waals surface area contributed by atoms with Crippen LogP contribution in [0, 0.1) is 0 Å². The van der Waals surface area contributed by atoms with Gasteiger partial charge in [0.1, 0.15) is 0 Å². The molecule has 2 N–H and O–H groups in total. The summed E-state index contributed by atoms with van der Waals surface area (Å²) in [6, 6.07) is 8.36. The number of halogens is 1. The summed E-state index contributed by atoms with van der Waals surface area (Å²) in [4.78, 5) is 3.25. The highest BCUT2D eigenvalue weighted by Gasteiger charge is 2.00. The van der Waals surface area contributed by atoms with Gasteiger partial charge in [-0.15, -0.1) is 0 Å². The molecule has 2 aromatic rings. The van der Waals surface area contributed by atoms with Crippen LogP contribution in [-0.4, -0.2) is 11.5 Å². The molecule has 13 heavy (non-hydrogen) atoms. The topological polar surface area (TPSA) is 27.8 Å². The highest BCUT2D eigenvalue weighted by molar-refractivity contribution is 9.08. The highest BCUT2D eigenvalue weighted by Crippen LogP contribution is 2.17. The normalized spacial score (nSPS) is 10.8. The van der Waals surface area contributed by atoms with Gasteiger partial charge in [-0.3, -0.25) is 4.34 Å². The molecule has 0 aliphatic rings. The SMILES string of the molecule is BrNCCc1c[nH]c2ccccc12. The fourth-order valence-electron chi connectivity index (χ4n) is 1.52. The average Bonchev–Trinajstić information content (AvgIpc) is 2.58. The number of rotatable bonds is 3. The van der Waals surface area contributed by atoms with Crippen LogP contribution in [-0.2, 0) is 6.42 Å². The van der Waals surface area contributed by atoms with Gasteiger partial charge in [-0.1, -0.05) is 18.2 Å². The Kier molecular flexibility index (Phi) is 2.66. The van der Waals surface area contributed by atoms with Gasteiger partial charge < -0.3 is 4.98 Å². The van der Waals surface area contributed by atoms with Crippen LogP contribution >= 0.6 is 16.1 Å². The van der Waals surface area contributed by atoms with Crippen LogP contribution in [0.2, 0.25) is 0 Å². The van der Waals surface area contributed by atoms with Gasteiger partial charge in [-0.2, -0.15) is 0 Å². The molecule has 3 heteroatoms. The number of benzene rings is 1. The molecule has 2 nitrogen and oxygen atoms in total. The molecular formula is C10H11BrN2. The van der Waals surface area contributed by atoms with Crippen molar-refractivity contribution >= 4 is 27.1 Å². The summed E-state index contributed by atoms with van der Waals surface area (Å²) in [6.07, 6.45) is 3.12. The Labute approximate surface area is 85.7 Å². The first-order chi connectivity index (χ1) is 6.42. The molecule has 0 radical (unpaired) electrons. The minimum absolute atomic E-state index is 0.946. The van der Waals surface area contributed by atoms with Gasteiger partial charge in [0, 0.05) is 39.8 Å². The number of H-pyrrole nitrogens is 1. The van der Waals surface area contributed by atoms with Crippen LogP contribution in [0.4, 0.5) is 0 Å². The quantitative estimate of drug-likeness (QED) is 0.791. The van der Waals surface area contributed by atoms with Crippen molar-refractivity contribution in [2.45, 2.75) is 6.42 Å². The molecule has 1 heterocycles. The lowest BCUT2D eigenvalue weighted by molar-refractivity contribution is 0.926. The lowest BCUT2D eigenvalue weighted by Crippen LogP contribution is -2.02. The van der Waals surface area contributed by atoms with Gasteiger partial charge >= 0.3 is 0 Å². The van der Waals surface area contributed by atoms with E-state index in [0.29, 0.717) is 0 Å². The highest BCUT2D eigenvalue weighted by atomic mass is 79.9. The van der Waals surface area contributed by atoms with Crippen LogP contribution in [0.1, 0.15) is 5.56 Å². The minimum Gasteiger partial charge on any atom is -0.361 e. The van der Waals surface area contributed by atoms with Gasteiger partial charge in [0.25, 0.3) is 0 Å². The summed E-state index contributed by atoms with van der Waals surface area (Å²) in [5.74, 6) is 0. The lowest BCUT2D eigenvalue weighted by Gasteiger charge is -1.96. The predicted octanol–water partition coefficient (Wildman–Crippen LogP) is 2.61. The maximum Gasteiger partial charge on any atom is 0.0456 e. The number of fused-ring (bicyclic) bond motifs is 1. The van der Waals surface area contributed by atoms with E-state index in [1.54, 1.807) is 0 Å². The summed E-state index contributed by atoms with van der Waals surface area (Å²) in [6.45, 7) is 0.946. The van der Waals surface area contributed by atoms with Gasteiger partial charge in [0.2, 0.25) is 0 Å². The zero-order chi connectivity index (χ0) is 9.10. The lowest BCUT2D eigenvalue weighted by atomic mass is 10.1. The maximum absolute atomic E-state index is 3.25. The van der Waals surface area contributed by atoms with Crippen LogP contribution < -0.4 is 4.34 Å². The molecule has 0 atom stereocenters. The van der Waals surface area contributed by atoms with E-state index in [9.17, 15) is 0 Å². The van der Waals surface area contributed by atoms with Crippen LogP contribution in [0.25, 0.3) is 10.9 Å². The van der Waals surface area contributed by atoms with Crippen molar-refractivity contribution in [3.63, 3.8) is 0 Å². The Hall–Kier alpha value is -0.800. The van der Waals surface area contributed by atoms with Crippen LogP contribution in [0.5, 0.6) is 0 Å². The Morgan fingerprint density at radius 2 is 2.15 bits per heavy atom. The molecule has 0 amide bonds. The van der Waals surface area contributed by atoms with E-state index in [0.717, 1.165) is 13.0 Å². The Balaban J connectivity index is 2.35. The number of hydrogen-bond donors (Lipinski definition) is 2. The number of aromatic amines is 1. The van der Waals surface area contributed by atoms with Gasteiger partial charge in [0.05, 0.1) is 0 Å². The molecule has 1 aromatic carbocycles.